The summed E-state index contributed by atoms with van der Waals surface area (Å²) < 4.78 is 8.48. The lowest BCUT2D eigenvalue weighted by molar-refractivity contribution is -0.120. The van der Waals surface area contributed by atoms with Crippen molar-refractivity contribution in [3.63, 3.8) is 0 Å². The Morgan fingerprint density at radius 3 is 2.37 bits per heavy atom. The molecule has 5 aromatic carbocycles. The molecule has 1 heterocycles. The number of nitrogens with one attached hydrogen (secondary N) is 1. The third kappa shape index (κ3) is 6.30. The molecule has 204 valence electrons. The Hall–Kier alpha value is -4.90. The van der Waals surface area contributed by atoms with Gasteiger partial charge in [0.1, 0.15) is 18.2 Å². The summed E-state index contributed by atoms with van der Waals surface area (Å²) in [6.45, 7) is 1.85. The normalized spacial score (nSPS) is 11.1. The molecule has 0 spiro atoms. The molecular formula is C36H33N3O2. The zero-order chi connectivity index (χ0) is 27.9. The third-order valence-corrected chi connectivity index (χ3v) is 7.38. The van der Waals surface area contributed by atoms with Crippen LogP contribution in [0.3, 0.4) is 0 Å². The number of benzene rings is 5. The lowest BCUT2D eigenvalue weighted by Gasteiger charge is -2.13. The number of ether oxygens (including phenoxy) is 1. The van der Waals surface area contributed by atoms with E-state index in [1.54, 1.807) is 0 Å². The molecule has 5 heteroatoms. The van der Waals surface area contributed by atoms with Gasteiger partial charge in [0.05, 0.1) is 24.0 Å². The molecule has 0 unspecified atom stereocenters. The molecular weight excluding hydrogens is 506 g/mol. The van der Waals surface area contributed by atoms with E-state index in [4.69, 9.17) is 9.72 Å². The number of imidazole rings is 1. The minimum atomic E-state index is 0.0365. The van der Waals surface area contributed by atoms with Crippen molar-refractivity contribution in [1.82, 2.24) is 14.9 Å². The summed E-state index contributed by atoms with van der Waals surface area (Å²) in [5.74, 6) is 1.94. The summed E-state index contributed by atoms with van der Waals surface area (Å²) in [6.07, 6.45) is 1.96. The fourth-order valence-electron chi connectivity index (χ4n) is 5.30. The van der Waals surface area contributed by atoms with Gasteiger partial charge >= 0.3 is 0 Å². The number of hydrogen-bond acceptors (Lipinski definition) is 3. The lowest BCUT2D eigenvalue weighted by Crippen LogP contribution is -2.26. The van der Waals surface area contributed by atoms with Crippen molar-refractivity contribution in [1.29, 1.82) is 0 Å². The number of carbonyl (C=O) groups is 1. The van der Waals surface area contributed by atoms with Gasteiger partial charge in [-0.2, -0.15) is 0 Å². The topological polar surface area (TPSA) is 56.2 Å². The van der Waals surface area contributed by atoms with E-state index in [1.807, 2.05) is 72.8 Å². The van der Waals surface area contributed by atoms with E-state index in [2.05, 4.69) is 58.4 Å². The number of aryl methyl sites for hydroxylation is 1. The molecule has 0 radical (unpaired) electrons. The van der Waals surface area contributed by atoms with Crippen LogP contribution in [0.2, 0.25) is 0 Å². The Labute approximate surface area is 240 Å². The van der Waals surface area contributed by atoms with Gasteiger partial charge in [-0.15, -0.1) is 0 Å². The van der Waals surface area contributed by atoms with Gasteiger partial charge in [0.25, 0.3) is 0 Å². The van der Waals surface area contributed by atoms with E-state index >= 15 is 0 Å². The highest BCUT2D eigenvalue weighted by Crippen LogP contribution is 2.25. The van der Waals surface area contributed by atoms with Crippen LogP contribution in [-0.2, 0) is 24.2 Å². The van der Waals surface area contributed by atoms with Crippen molar-refractivity contribution in [2.45, 2.75) is 25.8 Å². The number of aromatic nitrogens is 2. The first kappa shape index (κ1) is 26.3. The molecule has 0 saturated heterocycles. The molecule has 0 saturated carbocycles. The first-order valence-corrected chi connectivity index (χ1v) is 14.2. The van der Waals surface area contributed by atoms with Gasteiger partial charge in [0.15, 0.2) is 0 Å². The zero-order valence-corrected chi connectivity index (χ0v) is 23.0. The van der Waals surface area contributed by atoms with Gasteiger partial charge in [-0.25, -0.2) is 4.98 Å². The van der Waals surface area contributed by atoms with E-state index in [0.29, 0.717) is 26.1 Å². The average molecular weight is 540 g/mol. The Kier molecular flexibility index (Phi) is 8.04. The number of rotatable bonds is 11. The highest BCUT2D eigenvalue weighted by molar-refractivity contribution is 5.88. The second-order valence-electron chi connectivity index (χ2n) is 10.2. The molecule has 1 N–H and O–H groups in total. The Bertz CT molecular complexity index is 1750. The molecule has 6 aromatic rings. The molecule has 0 aliphatic rings. The number of hydrogen-bond donors (Lipinski definition) is 1. The Balaban J connectivity index is 1.03. The SMILES string of the molecule is O=C(Cc1ccc(-c2ccccc2)cc1)NCCCc1nc2ccccc2n1CCOc1cccc2ccccc12. The second-order valence-corrected chi connectivity index (χ2v) is 10.2. The maximum Gasteiger partial charge on any atom is 0.224 e. The zero-order valence-electron chi connectivity index (χ0n) is 23.0. The van der Waals surface area contributed by atoms with E-state index in [9.17, 15) is 4.79 Å². The highest BCUT2D eigenvalue weighted by Gasteiger charge is 2.12. The molecule has 1 amide bonds. The van der Waals surface area contributed by atoms with Gasteiger partial charge < -0.3 is 14.6 Å². The molecule has 0 atom stereocenters. The quantitative estimate of drug-likeness (QED) is 0.177. The lowest BCUT2D eigenvalue weighted by atomic mass is 10.0. The van der Waals surface area contributed by atoms with E-state index in [0.717, 1.165) is 52.0 Å². The molecule has 0 fully saturated rings. The first-order chi connectivity index (χ1) is 20.2. The fourth-order valence-corrected chi connectivity index (χ4v) is 5.30. The number of carbonyl (C=O) groups excluding carboxylic acids is 1. The van der Waals surface area contributed by atoms with Crippen LogP contribution >= 0.6 is 0 Å². The number of amides is 1. The van der Waals surface area contributed by atoms with Crippen molar-refractivity contribution in [2.24, 2.45) is 0 Å². The van der Waals surface area contributed by atoms with Crippen molar-refractivity contribution in [3.8, 4) is 16.9 Å². The molecule has 0 aliphatic heterocycles. The highest BCUT2D eigenvalue weighted by atomic mass is 16.5. The first-order valence-electron chi connectivity index (χ1n) is 14.2. The molecule has 0 aliphatic carbocycles. The molecule has 41 heavy (non-hydrogen) atoms. The third-order valence-electron chi connectivity index (χ3n) is 7.38. The van der Waals surface area contributed by atoms with Crippen LogP contribution in [0, 0.1) is 0 Å². The van der Waals surface area contributed by atoms with E-state index in [-0.39, 0.29) is 5.91 Å². The van der Waals surface area contributed by atoms with Gasteiger partial charge in [-0.3, -0.25) is 4.79 Å². The maximum absolute atomic E-state index is 12.6. The van der Waals surface area contributed by atoms with Crippen molar-refractivity contribution in [3.05, 3.63) is 133 Å². The monoisotopic (exact) mass is 539 g/mol. The van der Waals surface area contributed by atoms with Crippen LogP contribution in [0.4, 0.5) is 0 Å². The Morgan fingerprint density at radius 1 is 0.756 bits per heavy atom. The number of nitrogens with zero attached hydrogens (tertiary/aromatic N) is 2. The van der Waals surface area contributed by atoms with E-state index in [1.165, 1.54) is 10.9 Å². The van der Waals surface area contributed by atoms with Crippen molar-refractivity contribution >= 4 is 27.7 Å². The van der Waals surface area contributed by atoms with Gasteiger partial charge in [-0.05, 0) is 46.7 Å². The van der Waals surface area contributed by atoms with E-state index < -0.39 is 0 Å². The molecule has 1 aromatic heterocycles. The van der Waals surface area contributed by atoms with Crippen LogP contribution in [0.5, 0.6) is 5.75 Å². The second kappa shape index (κ2) is 12.5. The molecule has 6 rings (SSSR count). The van der Waals surface area contributed by atoms with Crippen LogP contribution in [0.15, 0.2) is 121 Å². The summed E-state index contributed by atoms with van der Waals surface area (Å²) >= 11 is 0. The number of fused-ring (bicyclic) bond motifs is 2. The standard InChI is InChI=1S/C36H33N3O2/c40-36(26-27-19-21-29(22-20-27)28-10-2-1-3-11-28)37-23-9-18-35-38-32-15-6-7-16-33(32)39(35)24-25-41-34-17-8-13-30-12-4-5-14-31(30)34/h1-8,10-17,19-22H,9,18,23-26H2,(H,37,40). The fraction of sp³-hybridized carbons (Fsp3) is 0.167. The van der Waals surface area contributed by atoms with Gasteiger partial charge in [0.2, 0.25) is 5.91 Å². The summed E-state index contributed by atoms with van der Waals surface area (Å²) in [5, 5.41) is 5.37. The summed E-state index contributed by atoms with van der Waals surface area (Å²) in [7, 11) is 0. The van der Waals surface area contributed by atoms with Crippen molar-refractivity contribution in [2.75, 3.05) is 13.2 Å². The van der Waals surface area contributed by atoms with Crippen LogP contribution in [0.1, 0.15) is 17.8 Å². The maximum atomic E-state index is 12.6. The van der Waals surface area contributed by atoms with Crippen molar-refractivity contribution < 1.29 is 9.53 Å². The predicted molar refractivity (Wildman–Crippen MR) is 166 cm³/mol. The van der Waals surface area contributed by atoms with Crippen LogP contribution < -0.4 is 10.1 Å². The van der Waals surface area contributed by atoms with Gasteiger partial charge in [-0.1, -0.05) is 103 Å². The largest absolute Gasteiger partial charge is 0.491 e. The smallest absolute Gasteiger partial charge is 0.224 e. The number of para-hydroxylation sites is 2. The minimum Gasteiger partial charge on any atom is -0.491 e. The summed E-state index contributed by atoms with van der Waals surface area (Å²) in [5.41, 5.74) is 5.42. The minimum absolute atomic E-state index is 0.0365. The van der Waals surface area contributed by atoms with Crippen LogP contribution in [-0.4, -0.2) is 28.6 Å². The Morgan fingerprint density at radius 2 is 1.49 bits per heavy atom. The average Bonchev–Trinajstić information content (AvgIpc) is 3.37. The molecule has 5 nitrogen and oxygen atoms in total. The molecule has 0 bridgehead atoms. The summed E-state index contributed by atoms with van der Waals surface area (Å²) in [4.78, 5) is 17.5. The van der Waals surface area contributed by atoms with Gasteiger partial charge in [0, 0.05) is 18.4 Å². The predicted octanol–water partition coefficient (Wildman–Crippen LogP) is 7.23. The van der Waals surface area contributed by atoms with Crippen LogP contribution in [0.25, 0.3) is 32.9 Å². The summed E-state index contributed by atoms with van der Waals surface area (Å²) in [6, 6.07) is 41.1.